The zero-order valence-corrected chi connectivity index (χ0v) is 18.4. The maximum atomic E-state index is 12.9. The first-order valence-corrected chi connectivity index (χ1v) is 8.94. The molecule has 8 nitrogen and oxygen atoms in total. The number of nitrogens with zero attached hydrogens (tertiary/aromatic N) is 4. The van der Waals surface area contributed by atoms with Crippen LogP contribution in [0.15, 0.2) is 35.6 Å². The summed E-state index contributed by atoms with van der Waals surface area (Å²) < 4.78 is 14.9. The Morgan fingerprint density at radius 1 is 1.14 bits per heavy atom. The minimum atomic E-state index is -0.308. The summed E-state index contributed by atoms with van der Waals surface area (Å²) in [4.78, 5) is 16.0. The van der Waals surface area contributed by atoms with Crippen LogP contribution in [0.25, 0.3) is 0 Å². The Morgan fingerprint density at radius 2 is 1.82 bits per heavy atom. The first-order valence-electron chi connectivity index (χ1n) is 8.94. The second-order valence-corrected chi connectivity index (χ2v) is 5.87. The normalized spacial score (nSPS) is 10.9. The minimum Gasteiger partial charge on any atom is -0.355 e. The maximum absolute atomic E-state index is 12.9. The number of aliphatic imine (C=N–C) groups is 1. The molecular formula is C18H27FIN7O. The lowest BCUT2D eigenvalue weighted by atomic mass is 10.1. The van der Waals surface area contributed by atoms with Crippen LogP contribution in [0, 0.1) is 5.82 Å². The van der Waals surface area contributed by atoms with E-state index in [0.29, 0.717) is 25.6 Å². The molecule has 0 atom stereocenters. The SMILES string of the molecule is CCc1nncn1CCNC(=NC)NCCNC(=O)Cc1ccc(F)cc1.I. The highest BCUT2D eigenvalue weighted by Gasteiger charge is 2.04. The molecule has 28 heavy (non-hydrogen) atoms. The molecule has 0 aliphatic carbocycles. The standard InChI is InChI=1S/C18H26FN7O.HI/c1-3-16-25-24-13-26(16)11-10-23-18(20-2)22-9-8-21-17(27)12-14-4-6-15(19)7-5-14;/h4-7,13H,3,8-12H2,1-2H3,(H,21,27)(H2,20,22,23);1H. The Bertz CT molecular complexity index is 749. The molecule has 1 heterocycles. The van der Waals surface area contributed by atoms with Crippen molar-refractivity contribution in [2.45, 2.75) is 26.3 Å². The molecule has 0 saturated carbocycles. The van der Waals surface area contributed by atoms with Gasteiger partial charge in [0.15, 0.2) is 5.96 Å². The molecule has 10 heteroatoms. The van der Waals surface area contributed by atoms with Crippen LogP contribution in [0.1, 0.15) is 18.3 Å². The van der Waals surface area contributed by atoms with Gasteiger partial charge in [0, 0.05) is 39.6 Å². The summed E-state index contributed by atoms with van der Waals surface area (Å²) in [5, 5.41) is 17.1. The molecule has 0 saturated heterocycles. The van der Waals surface area contributed by atoms with Crippen molar-refractivity contribution in [1.29, 1.82) is 0 Å². The van der Waals surface area contributed by atoms with Crippen LogP contribution >= 0.6 is 24.0 Å². The fraction of sp³-hybridized carbons (Fsp3) is 0.444. The first-order chi connectivity index (χ1) is 13.1. The van der Waals surface area contributed by atoms with Crippen molar-refractivity contribution in [1.82, 2.24) is 30.7 Å². The summed E-state index contributed by atoms with van der Waals surface area (Å²) in [7, 11) is 1.69. The predicted molar refractivity (Wildman–Crippen MR) is 117 cm³/mol. The Balaban J connectivity index is 0.00000392. The number of carbonyl (C=O) groups excluding carboxylic acids is 1. The third-order valence-corrected chi connectivity index (χ3v) is 3.90. The molecular weight excluding hydrogens is 476 g/mol. The van der Waals surface area contributed by atoms with Gasteiger partial charge in [0.2, 0.25) is 5.91 Å². The van der Waals surface area contributed by atoms with E-state index in [2.05, 4.69) is 31.1 Å². The molecule has 1 aromatic heterocycles. The molecule has 0 unspecified atom stereocenters. The minimum absolute atomic E-state index is 0. The molecule has 3 N–H and O–H groups in total. The number of aryl methyl sites for hydroxylation is 1. The van der Waals surface area contributed by atoms with E-state index in [9.17, 15) is 9.18 Å². The summed E-state index contributed by atoms with van der Waals surface area (Å²) in [5.41, 5.74) is 0.778. The summed E-state index contributed by atoms with van der Waals surface area (Å²) in [6, 6.07) is 5.92. The third kappa shape index (κ3) is 8.19. The number of carbonyl (C=O) groups is 1. The van der Waals surface area contributed by atoms with Crippen LogP contribution in [-0.4, -0.2) is 53.3 Å². The van der Waals surface area contributed by atoms with Gasteiger partial charge in [0.25, 0.3) is 0 Å². The molecule has 1 amide bonds. The highest BCUT2D eigenvalue weighted by molar-refractivity contribution is 14.0. The highest BCUT2D eigenvalue weighted by atomic mass is 127. The van der Waals surface area contributed by atoms with E-state index >= 15 is 0 Å². The third-order valence-electron chi connectivity index (χ3n) is 3.90. The van der Waals surface area contributed by atoms with Crippen LogP contribution in [0.3, 0.4) is 0 Å². The van der Waals surface area contributed by atoms with Crippen LogP contribution in [-0.2, 0) is 24.2 Å². The Labute approximate surface area is 181 Å². The van der Waals surface area contributed by atoms with E-state index in [-0.39, 0.29) is 42.1 Å². The van der Waals surface area contributed by atoms with Crippen molar-refractivity contribution >= 4 is 35.8 Å². The fourth-order valence-electron chi connectivity index (χ4n) is 2.49. The molecule has 0 aliphatic heterocycles. The van der Waals surface area contributed by atoms with Gasteiger partial charge in [0.1, 0.15) is 18.0 Å². The summed E-state index contributed by atoms with van der Waals surface area (Å²) in [6.07, 6.45) is 2.78. The number of halogens is 2. The number of nitrogens with one attached hydrogen (secondary N) is 3. The summed E-state index contributed by atoms with van der Waals surface area (Å²) in [6.45, 7) is 4.47. The first kappa shape index (κ1) is 23.8. The van der Waals surface area contributed by atoms with Crippen molar-refractivity contribution in [2.75, 3.05) is 26.7 Å². The van der Waals surface area contributed by atoms with Gasteiger partial charge in [-0.3, -0.25) is 9.79 Å². The largest absolute Gasteiger partial charge is 0.355 e. The quantitative estimate of drug-likeness (QED) is 0.206. The average Bonchev–Trinajstić information content (AvgIpc) is 3.13. The number of hydrogen-bond donors (Lipinski definition) is 3. The number of aromatic nitrogens is 3. The molecule has 0 bridgehead atoms. The molecule has 0 fully saturated rings. The Hall–Kier alpha value is -2.24. The van der Waals surface area contributed by atoms with Crippen LogP contribution in [0.4, 0.5) is 4.39 Å². The topological polar surface area (TPSA) is 96.2 Å². The summed E-state index contributed by atoms with van der Waals surface area (Å²) >= 11 is 0. The monoisotopic (exact) mass is 503 g/mol. The van der Waals surface area contributed by atoms with Gasteiger partial charge in [-0.15, -0.1) is 34.2 Å². The molecule has 1 aromatic carbocycles. The van der Waals surface area contributed by atoms with Crippen molar-refractivity contribution in [2.24, 2.45) is 4.99 Å². The van der Waals surface area contributed by atoms with Gasteiger partial charge in [-0.05, 0) is 17.7 Å². The second-order valence-electron chi connectivity index (χ2n) is 5.87. The lowest BCUT2D eigenvalue weighted by Gasteiger charge is -2.13. The zero-order valence-electron chi connectivity index (χ0n) is 16.1. The van der Waals surface area contributed by atoms with Crippen LogP contribution in [0.2, 0.25) is 0 Å². The average molecular weight is 503 g/mol. The Morgan fingerprint density at radius 3 is 2.50 bits per heavy atom. The van der Waals surface area contributed by atoms with Crippen molar-refractivity contribution in [3.63, 3.8) is 0 Å². The van der Waals surface area contributed by atoms with E-state index in [4.69, 9.17) is 0 Å². The molecule has 2 rings (SSSR count). The van der Waals surface area contributed by atoms with E-state index in [1.165, 1.54) is 12.1 Å². The van der Waals surface area contributed by atoms with Crippen LogP contribution < -0.4 is 16.0 Å². The predicted octanol–water partition coefficient (Wildman–Crippen LogP) is 1.12. The van der Waals surface area contributed by atoms with Gasteiger partial charge < -0.3 is 20.5 Å². The number of rotatable bonds is 9. The van der Waals surface area contributed by atoms with Crippen LogP contribution in [0.5, 0.6) is 0 Å². The molecule has 2 aromatic rings. The van der Waals surface area contributed by atoms with Gasteiger partial charge >= 0.3 is 0 Å². The van der Waals surface area contributed by atoms with E-state index in [0.717, 1.165) is 24.4 Å². The van der Waals surface area contributed by atoms with E-state index in [1.54, 1.807) is 25.5 Å². The van der Waals surface area contributed by atoms with Crippen molar-refractivity contribution in [3.8, 4) is 0 Å². The Kier molecular flexibility index (Phi) is 11.1. The summed E-state index contributed by atoms with van der Waals surface area (Å²) in [5.74, 6) is 1.20. The molecule has 0 aliphatic rings. The maximum Gasteiger partial charge on any atom is 0.224 e. The van der Waals surface area contributed by atoms with E-state index in [1.807, 2.05) is 11.5 Å². The second kappa shape index (κ2) is 13.0. The fourth-order valence-corrected chi connectivity index (χ4v) is 2.49. The molecule has 154 valence electrons. The van der Waals surface area contributed by atoms with Crippen molar-refractivity contribution in [3.05, 3.63) is 47.8 Å². The number of benzene rings is 1. The molecule has 0 radical (unpaired) electrons. The van der Waals surface area contributed by atoms with Crippen molar-refractivity contribution < 1.29 is 9.18 Å². The lowest BCUT2D eigenvalue weighted by Crippen LogP contribution is -2.42. The number of hydrogen-bond acceptors (Lipinski definition) is 4. The van der Waals surface area contributed by atoms with Gasteiger partial charge in [-0.1, -0.05) is 19.1 Å². The van der Waals surface area contributed by atoms with Gasteiger partial charge in [0.05, 0.1) is 6.42 Å². The highest BCUT2D eigenvalue weighted by Crippen LogP contribution is 2.03. The zero-order chi connectivity index (χ0) is 19.5. The smallest absolute Gasteiger partial charge is 0.224 e. The van der Waals surface area contributed by atoms with Gasteiger partial charge in [-0.2, -0.15) is 0 Å². The van der Waals surface area contributed by atoms with Gasteiger partial charge in [-0.25, -0.2) is 4.39 Å². The number of guanidine groups is 1. The van der Waals surface area contributed by atoms with E-state index < -0.39 is 0 Å². The number of amides is 1. The molecule has 0 spiro atoms. The lowest BCUT2D eigenvalue weighted by molar-refractivity contribution is -0.120.